The van der Waals surface area contributed by atoms with Crippen molar-refractivity contribution in [3.63, 3.8) is 0 Å². The van der Waals surface area contributed by atoms with Crippen LogP contribution in [0.5, 0.6) is 5.75 Å². The Morgan fingerprint density at radius 2 is 2.00 bits per heavy atom. The van der Waals surface area contributed by atoms with E-state index in [1.54, 1.807) is 19.9 Å². The topological polar surface area (TPSA) is 83.5 Å². The first-order valence-electron chi connectivity index (χ1n) is 4.71. The quantitative estimate of drug-likeness (QED) is 0.697. The lowest BCUT2D eigenvalue weighted by Crippen LogP contribution is -2.22. The number of nitrogens with two attached hydrogens (primary N) is 1. The van der Waals surface area contributed by atoms with Crippen LogP contribution in [0, 0.1) is 13.8 Å². The fourth-order valence-corrected chi connectivity index (χ4v) is 1.57. The van der Waals surface area contributed by atoms with Crippen molar-refractivity contribution in [2.24, 2.45) is 5.73 Å². The fraction of sp³-hybridized carbons (Fsp3) is 0.364. The summed E-state index contributed by atoms with van der Waals surface area (Å²) in [5, 5.41) is 18.4. The molecule has 4 N–H and O–H groups in total. The van der Waals surface area contributed by atoms with Crippen molar-refractivity contribution in [3.05, 3.63) is 28.8 Å². The van der Waals surface area contributed by atoms with Crippen molar-refractivity contribution in [1.82, 2.24) is 0 Å². The lowest BCUT2D eigenvalue weighted by Gasteiger charge is -2.15. The largest absolute Gasteiger partial charge is 0.508 e. The summed E-state index contributed by atoms with van der Waals surface area (Å²) in [4.78, 5) is 10.9. The van der Waals surface area contributed by atoms with Gasteiger partial charge in [-0.15, -0.1) is 0 Å². The minimum absolute atomic E-state index is 0.0559. The predicted molar refractivity (Wildman–Crippen MR) is 57.0 cm³/mol. The Hall–Kier alpha value is -1.55. The van der Waals surface area contributed by atoms with Crippen molar-refractivity contribution in [1.29, 1.82) is 0 Å². The van der Waals surface area contributed by atoms with Gasteiger partial charge in [0.15, 0.2) is 0 Å². The number of aliphatic carboxylic acids is 1. The second kappa shape index (κ2) is 4.31. The number of phenolic OH excluding ortho intramolecular Hbond substituents is 1. The minimum Gasteiger partial charge on any atom is -0.508 e. The van der Waals surface area contributed by atoms with E-state index in [2.05, 4.69) is 0 Å². The summed E-state index contributed by atoms with van der Waals surface area (Å²) in [6.07, 6.45) is 0. The van der Waals surface area contributed by atoms with E-state index < -0.39 is 11.9 Å². The highest BCUT2D eigenvalue weighted by Crippen LogP contribution is 2.27. The van der Waals surface area contributed by atoms with E-state index in [0.717, 1.165) is 5.56 Å². The van der Waals surface area contributed by atoms with E-state index in [4.69, 9.17) is 10.8 Å². The van der Waals surface area contributed by atoms with Gasteiger partial charge in [-0.3, -0.25) is 4.79 Å². The second-order valence-corrected chi connectivity index (χ2v) is 3.55. The third-order valence-corrected chi connectivity index (χ3v) is 2.71. The molecule has 1 aromatic carbocycles. The van der Waals surface area contributed by atoms with Crippen molar-refractivity contribution in [2.45, 2.75) is 19.8 Å². The fourth-order valence-electron chi connectivity index (χ4n) is 1.57. The molecule has 15 heavy (non-hydrogen) atoms. The van der Waals surface area contributed by atoms with Crippen LogP contribution >= 0.6 is 0 Å². The maximum absolute atomic E-state index is 10.9. The molecule has 0 bridgehead atoms. The number of aromatic hydroxyl groups is 1. The van der Waals surface area contributed by atoms with Crippen LogP contribution in [0.3, 0.4) is 0 Å². The highest BCUT2D eigenvalue weighted by molar-refractivity contribution is 5.77. The molecule has 0 spiro atoms. The number of carboxylic acid groups (broad SMARTS) is 1. The summed E-state index contributed by atoms with van der Waals surface area (Å²) in [7, 11) is 0. The van der Waals surface area contributed by atoms with E-state index >= 15 is 0 Å². The third-order valence-electron chi connectivity index (χ3n) is 2.71. The smallest absolute Gasteiger partial charge is 0.312 e. The predicted octanol–water partition coefficient (Wildman–Crippen LogP) is 1.14. The van der Waals surface area contributed by atoms with Gasteiger partial charge in [-0.25, -0.2) is 0 Å². The SMILES string of the molecule is Cc1c(O)ccc(C(CN)C(=O)O)c1C. The van der Waals surface area contributed by atoms with Crippen LogP contribution in [0.2, 0.25) is 0 Å². The molecule has 0 radical (unpaired) electrons. The zero-order chi connectivity index (χ0) is 11.6. The van der Waals surface area contributed by atoms with Gasteiger partial charge in [0.2, 0.25) is 0 Å². The zero-order valence-corrected chi connectivity index (χ0v) is 8.82. The van der Waals surface area contributed by atoms with Crippen LogP contribution in [0.4, 0.5) is 0 Å². The molecule has 0 aliphatic heterocycles. The number of phenols is 1. The Morgan fingerprint density at radius 3 is 2.47 bits per heavy atom. The number of carbonyl (C=O) groups is 1. The molecule has 0 aliphatic rings. The number of rotatable bonds is 3. The maximum Gasteiger partial charge on any atom is 0.312 e. The summed E-state index contributed by atoms with van der Waals surface area (Å²) in [5.41, 5.74) is 7.57. The number of hydrogen-bond donors (Lipinski definition) is 3. The molecule has 4 heteroatoms. The van der Waals surface area contributed by atoms with E-state index in [-0.39, 0.29) is 12.3 Å². The molecule has 0 aliphatic carbocycles. The lowest BCUT2D eigenvalue weighted by atomic mass is 9.92. The van der Waals surface area contributed by atoms with Gasteiger partial charge in [0.1, 0.15) is 5.75 Å². The van der Waals surface area contributed by atoms with Crippen molar-refractivity contribution >= 4 is 5.97 Å². The number of carboxylic acids is 1. The Balaban J connectivity index is 3.25. The van der Waals surface area contributed by atoms with Gasteiger partial charge in [-0.05, 0) is 36.6 Å². The van der Waals surface area contributed by atoms with Crippen LogP contribution in [-0.4, -0.2) is 22.7 Å². The normalized spacial score (nSPS) is 12.5. The molecule has 4 nitrogen and oxygen atoms in total. The van der Waals surface area contributed by atoms with Crippen LogP contribution in [0.15, 0.2) is 12.1 Å². The van der Waals surface area contributed by atoms with E-state index in [0.29, 0.717) is 11.1 Å². The van der Waals surface area contributed by atoms with Crippen molar-refractivity contribution in [2.75, 3.05) is 6.54 Å². The highest BCUT2D eigenvalue weighted by Gasteiger charge is 2.21. The van der Waals surface area contributed by atoms with Gasteiger partial charge >= 0.3 is 5.97 Å². The minimum atomic E-state index is -0.939. The Labute approximate surface area is 88.3 Å². The maximum atomic E-state index is 10.9. The Bertz CT molecular complexity index is 388. The standard InChI is InChI=1S/C11H15NO3/c1-6-7(2)10(13)4-3-8(6)9(5-12)11(14)15/h3-4,9,13H,5,12H2,1-2H3,(H,14,15). The molecule has 1 atom stereocenters. The molecule has 0 saturated heterocycles. The van der Waals surface area contributed by atoms with Crippen LogP contribution < -0.4 is 5.73 Å². The molecule has 1 rings (SSSR count). The van der Waals surface area contributed by atoms with Crippen LogP contribution in [-0.2, 0) is 4.79 Å². The summed E-state index contributed by atoms with van der Waals surface area (Å²) in [5.74, 6) is -1.47. The zero-order valence-electron chi connectivity index (χ0n) is 8.82. The average molecular weight is 209 g/mol. The number of benzene rings is 1. The monoisotopic (exact) mass is 209 g/mol. The first-order valence-corrected chi connectivity index (χ1v) is 4.71. The number of hydrogen-bond acceptors (Lipinski definition) is 3. The van der Waals surface area contributed by atoms with Gasteiger partial charge in [0.05, 0.1) is 5.92 Å². The lowest BCUT2D eigenvalue weighted by molar-refractivity contribution is -0.138. The summed E-state index contributed by atoms with van der Waals surface area (Å²) < 4.78 is 0. The van der Waals surface area contributed by atoms with Gasteiger partial charge in [-0.1, -0.05) is 6.07 Å². The van der Waals surface area contributed by atoms with E-state index in [1.807, 2.05) is 0 Å². The average Bonchev–Trinajstić information content (AvgIpc) is 2.18. The summed E-state index contributed by atoms with van der Waals surface area (Å²) in [6, 6.07) is 3.12. The van der Waals surface area contributed by atoms with Gasteiger partial charge in [0.25, 0.3) is 0 Å². The first-order chi connectivity index (χ1) is 6.99. The van der Waals surface area contributed by atoms with Crippen molar-refractivity contribution in [3.8, 4) is 5.75 Å². The molecule has 82 valence electrons. The molecule has 0 fully saturated rings. The Morgan fingerprint density at radius 1 is 1.40 bits per heavy atom. The first kappa shape index (κ1) is 11.5. The summed E-state index contributed by atoms with van der Waals surface area (Å²) in [6.45, 7) is 3.60. The molecule has 0 saturated carbocycles. The molecule has 0 heterocycles. The van der Waals surface area contributed by atoms with Gasteiger partial charge in [0, 0.05) is 6.54 Å². The highest BCUT2D eigenvalue weighted by atomic mass is 16.4. The Kier molecular flexibility index (Phi) is 3.31. The third kappa shape index (κ3) is 2.10. The second-order valence-electron chi connectivity index (χ2n) is 3.55. The van der Waals surface area contributed by atoms with Crippen molar-refractivity contribution < 1.29 is 15.0 Å². The molecular formula is C11H15NO3. The molecule has 0 aromatic heterocycles. The van der Waals surface area contributed by atoms with Gasteiger partial charge < -0.3 is 15.9 Å². The van der Waals surface area contributed by atoms with Crippen LogP contribution in [0.25, 0.3) is 0 Å². The molecular weight excluding hydrogens is 194 g/mol. The summed E-state index contributed by atoms with van der Waals surface area (Å²) >= 11 is 0. The van der Waals surface area contributed by atoms with Crippen LogP contribution in [0.1, 0.15) is 22.6 Å². The van der Waals surface area contributed by atoms with E-state index in [9.17, 15) is 9.90 Å². The van der Waals surface area contributed by atoms with E-state index in [1.165, 1.54) is 6.07 Å². The molecule has 1 aromatic rings. The molecule has 1 unspecified atom stereocenters. The molecule has 0 amide bonds. The van der Waals surface area contributed by atoms with Gasteiger partial charge in [-0.2, -0.15) is 0 Å².